The molecule has 0 heterocycles. The minimum Gasteiger partial charge on any atom is -0.503 e. The summed E-state index contributed by atoms with van der Waals surface area (Å²) in [6.07, 6.45) is 1.33. The van der Waals surface area contributed by atoms with Crippen LogP contribution in [0.2, 0.25) is 0 Å². The van der Waals surface area contributed by atoms with Gasteiger partial charge in [-0.15, -0.1) is 0 Å². The maximum Gasteiger partial charge on any atom is 0.341 e. The van der Waals surface area contributed by atoms with Crippen LogP contribution in [0.5, 0.6) is 0 Å². The monoisotopic (exact) mass is 262 g/mol. The maximum atomic E-state index is 11.8. The third-order valence-electron chi connectivity index (χ3n) is 2.88. The van der Waals surface area contributed by atoms with Crippen LogP contribution in [-0.2, 0) is 14.3 Å². The van der Waals surface area contributed by atoms with E-state index in [9.17, 15) is 9.59 Å². The van der Waals surface area contributed by atoms with Gasteiger partial charge < -0.3 is 9.47 Å². The fourth-order valence-electron chi connectivity index (χ4n) is 1.97. The number of hydrogen-bond acceptors (Lipinski definition) is 4. The molecule has 0 unspecified atom stereocenters. The second kappa shape index (κ2) is 6.18. The first-order valence-electron chi connectivity index (χ1n) is 5.86. The van der Waals surface area contributed by atoms with Crippen LogP contribution < -0.4 is 0 Å². The van der Waals surface area contributed by atoms with Crippen LogP contribution in [0.3, 0.4) is 0 Å². The second-order valence-corrected chi connectivity index (χ2v) is 4.30. The molecule has 1 rings (SSSR count). The summed E-state index contributed by atoms with van der Waals surface area (Å²) < 4.78 is 9.65. The van der Waals surface area contributed by atoms with E-state index < -0.39 is 5.97 Å². The molecule has 4 nitrogen and oxygen atoms in total. The smallest absolute Gasteiger partial charge is 0.341 e. The number of aryl methyl sites for hydroxylation is 2. The summed E-state index contributed by atoms with van der Waals surface area (Å²) in [4.78, 5) is 23.3. The molecule has 0 aliphatic heterocycles. The van der Waals surface area contributed by atoms with E-state index >= 15 is 0 Å². The molecule has 0 radical (unpaired) electrons. The Kier molecular flexibility index (Phi) is 4.87. The first kappa shape index (κ1) is 15.0. The fourth-order valence-corrected chi connectivity index (χ4v) is 1.97. The van der Waals surface area contributed by atoms with E-state index in [0.29, 0.717) is 16.7 Å². The Morgan fingerprint density at radius 3 is 2.11 bits per heavy atom. The summed E-state index contributed by atoms with van der Waals surface area (Å²) in [6, 6.07) is 3.58. The zero-order valence-electron chi connectivity index (χ0n) is 11.9. The molecule has 0 atom stereocenters. The lowest BCUT2D eigenvalue weighted by atomic mass is 9.94. The summed E-state index contributed by atoms with van der Waals surface area (Å²) in [6.45, 7) is 5.24. The summed E-state index contributed by atoms with van der Waals surface area (Å²) in [5.41, 5.74) is 3.30. The van der Waals surface area contributed by atoms with Crippen molar-refractivity contribution in [3.05, 3.63) is 40.6 Å². The second-order valence-electron chi connectivity index (χ2n) is 4.30. The molecule has 0 N–H and O–H groups in total. The minimum absolute atomic E-state index is 0.0413. The van der Waals surface area contributed by atoms with Crippen molar-refractivity contribution in [3.8, 4) is 0 Å². The third kappa shape index (κ3) is 3.22. The van der Waals surface area contributed by atoms with Gasteiger partial charge in [-0.05, 0) is 43.5 Å². The number of ketones is 1. The van der Waals surface area contributed by atoms with Gasteiger partial charge in [0.1, 0.15) is 5.57 Å². The van der Waals surface area contributed by atoms with Crippen molar-refractivity contribution >= 4 is 17.3 Å². The number of ether oxygens (including phenoxy) is 2. The molecule has 0 saturated heterocycles. The van der Waals surface area contributed by atoms with Gasteiger partial charge in [0.15, 0.2) is 5.78 Å². The van der Waals surface area contributed by atoms with Gasteiger partial charge in [0.2, 0.25) is 0 Å². The van der Waals surface area contributed by atoms with Gasteiger partial charge >= 0.3 is 5.97 Å². The molecule has 0 aliphatic rings. The first-order chi connectivity index (χ1) is 8.92. The SMILES string of the molecule is CO/C=C(/C(=O)OC)c1cc(C(C)=O)c(C)cc1C. The standard InChI is InChI=1S/C15H18O4/c1-9-6-10(2)13(7-12(9)11(3)16)14(8-18-4)15(17)19-5/h6-8H,1-5H3/b14-8+. The van der Waals surface area contributed by atoms with Gasteiger partial charge in [0.25, 0.3) is 0 Å². The molecule has 0 saturated carbocycles. The summed E-state index contributed by atoms with van der Waals surface area (Å²) >= 11 is 0. The van der Waals surface area contributed by atoms with Gasteiger partial charge in [0, 0.05) is 5.56 Å². The molecule has 102 valence electrons. The number of benzene rings is 1. The van der Waals surface area contributed by atoms with Gasteiger partial charge in [-0.3, -0.25) is 4.79 Å². The summed E-state index contributed by atoms with van der Waals surface area (Å²) in [5, 5.41) is 0. The Labute approximate surface area is 113 Å². The van der Waals surface area contributed by atoms with Gasteiger partial charge in [-0.1, -0.05) is 6.07 Å². The molecule has 0 amide bonds. The van der Waals surface area contributed by atoms with Crippen LogP contribution in [0.1, 0.15) is 34.0 Å². The number of esters is 1. The Hall–Kier alpha value is -2.10. The minimum atomic E-state index is -0.497. The van der Waals surface area contributed by atoms with E-state index in [1.54, 1.807) is 6.07 Å². The first-order valence-corrected chi connectivity index (χ1v) is 5.86. The molecule has 1 aromatic carbocycles. The maximum absolute atomic E-state index is 11.8. The van der Waals surface area contributed by atoms with Crippen LogP contribution in [0, 0.1) is 13.8 Å². The van der Waals surface area contributed by atoms with Crippen molar-refractivity contribution in [1.82, 2.24) is 0 Å². The molecule has 0 aromatic heterocycles. The topological polar surface area (TPSA) is 52.6 Å². The fraction of sp³-hybridized carbons (Fsp3) is 0.333. The van der Waals surface area contributed by atoms with Crippen molar-refractivity contribution in [2.24, 2.45) is 0 Å². The number of carbonyl (C=O) groups is 2. The van der Waals surface area contributed by atoms with Crippen LogP contribution in [0.15, 0.2) is 18.4 Å². The lowest BCUT2D eigenvalue weighted by Gasteiger charge is -2.12. The van der Waals surface area contributed by atoms with Crippen LogP contribution in [-0.4, -0.2) is 26.0 Å². The zero-order chi connectivity index (χ0) is 14.6. The molecule has 4 heteroatoms. The van der Waals surface area contributed by atoms with Crippen LogP contribution >= 0.6 is 0 Å². The van der Waals surface area contributed by atoms with E-state index in [-0.39, 0.29) is 5.78 Å². The highest BCUT2D eigenvalue weighted by atomic mass is 16.5. The average Bonchev–Trinajstić information content (AvgIpc) is 2.35. The lowest BCUT2D eigenvalue weighted by molar-refractivity contribution is -0.133. The number of hydrogen-bond donors (Lipinski definition) is 0. The van der Waals surface area contributed by atoms with Gasteiger partial charge in [0.05, 0.1) is 20.5 Å². The van der Waals surface area contributed by atoms with Crippen molar-refractivity contribution in [2.45, 2.75) is 20.8 Å². The molecule has 1 aromatic rings. The molecular formula is C15H18O4. The van der Waals surface area contributed by atoms with Crippen molar-refractivity contribution in [1.29, 1.82) is 0 Å². The molecule has 0 spiro atoms. The number of methoxy groups -OCH3 is 2. The highest BCUT2D eigenvalue weighted by Gasteiger charge is 2.18. The predicted molar refractivity (Wildman–Crippen MR) is 72.9 cm³/mol. The van der Waals surface area contributed by atoms with Crippen LogP contribution in [0.25, 0.3) is 5.57 Å². The highest BCUT2D eigenvalue weighted by Crippen LogP contribution is 2.24. The Balaban J connectivity index is 3.47. The van der Waals surface area contributed by atoms with Crippen LogP contribution in [0.4, 0.5) is 0 Å². The molecule has 19 heavy (non-hydrogen) atoms. The van der Waals surface area contributed by atoms with Gasteiger partial charge in [-0.2, -0.15) is 0 Å². The summed E-state index contributed by atoms with van der Waals surface area (Å²) in [7, 11) is 2.76. The highest BCUT2D eigenvalue weighted by molar-refractivity contribution is 6.17. The number of Topliss-reactive ketones (excluding diaryl/α,β-unsaturated/α-hetero) is 1. The third-order valence-corrected chi connectivity index (χ3v) is 2.88. The molecular weight excluding hydrogens is 244 g/mol. The van der Waals surface area contributed by atoms with Gasteiger partial charge in [-0.25, -0.2) is 4.79 Å². The van der Waals surface area contributed by atoms with E-state index in [1.165, 1.54) is 27.4 Å². The van der Waals surface area contributed by atoms with Crippen molar-refractivity contribution in [3.63, 3.8) is 0 Å². The van der Waals surface area contributed by atoms with Crippen molar-refractivity contribution in [2.75, 3.05) is 14.2 Å². The number of rotatable bonds is 4. The molecule has 0 aliphatic carbocycles. The Morgan fingerprint density at radius 1 is 1.05 bits per heavy atom. The largest absolute Gasteiger partial charge is 0.503 e. The Bertz CT molecular complexity index is 541. The quantitative estimate of drug-likeness (QED) is 0.362. The lowest BCUT2D eigenvalue weighted by Crippen LogP contribution is -2.08. The average molecular weight is 262 g/mol. The van der Waals surface area contributed by atoms with E-state index in [2.05, 4.69) is 0 Å². The number of carbonyl (C=O) groups excluding carboxylic acids is 2. The molecule has 0 fully saturated rings. The zero-order valence-corrected chi connectivity index (χ0v) is 11.9. The predicted octanol–water partition coefficient (Wildman–Crippen LogP) is 2.67. The van der Waals surface area contributed by atoms with E-state index in [1.807, 2.05) is 19.9 Å². The van der Waals surface area contributed by atoms with E-state index in [0.717, 1.165) is 11.1 Å². The summed E-state index contributed by atoms with van der Waals surface area (Å²) in [5.74, 6) is -0.538. The normalized spacial score (nSPS) is 11.1. The van der Waals surface area contributed by atoms with E-state index in [4.69, 9.17) is 9.47 Å². The Morgan fingerprint density at radius 2 is 1.63 bits per heavy atom. The van der Waals surface area contributed by atoms with Crippen molar-refractivity contribution < 1.29 is 19.1 Å². The molecule has 0 bridgehead atoms.